The van der Waals surface area contributed by atoms with Gasteiger partial charge in [0.2, 0.25) is 5.82 Å². The van der Waals surface area contributed by atoms with Crippen LogP contribution >= 0.6 is 0 Å². The van der Waals surface area contributed by atoms with Crippen LogP contribution in [0.2, 0.25) is 0 Å². The van der Waals surface area contributed by atoms with Gasteiger partial charge in [0.05, 0.1) is 5.69 Å². The summed E-state index contributed by atoms with van der Waals surface area (Å²) in [5.41, 5.74) is -2.59. The van der Waals surface area contributed by atoms with E-state index in [0.29, 0.717) is 5.69 Å². The summed E-state index contributed by atoms with van der Waals surface area (Å²) in [6, 6.07) is 5.17. The molecule has 27 heavy (non-hydrogen) atoms. The van der Waals surface area contributed by atoms with E-state index in [0.717, 1.165) is 4.90 Å². The number of aromatic nitrogens is 3. The lowest BCUT2D eigenvalue weighted by Crippen LogP contribution is -2.47. The van der Waals surface area contributed by atoms with Crippen LogP contribution in [0.3, 0.4) is 0 Å². The Hall–Kier alpha value is -2.98. The highest BCUT2D eigenvalue weighted by atomic mass is 19.4. The molecule has 0 aliphatic carbocycles. The van der Waals surface area contributed by atoms with Gasteiger partial charge in [0.15, 0.2) is 5.41 Å². The van der Waals surface area contributed by atoms with E-state index in [2.05, 4.69) is 10.1 Å². The molecule has 0 spiro atoms. The topological polar surface area (TPSA) is 88.3 Å². The van der Waals surface area contributed by atoms with E-state index in [1.165, 1.54) is 35.9 Å². The van der Waals surface area contributed by atoms with Gasteiger partial charge < -0.3 is 10.0 Å². The predicted octanol–water partition coefficient (Wildman–Crippen LogP) is 2.19. The lowest BCUT2D eigenvalue weighted by atomic mass is 9.86. The van der Waals surface area contributed by atoms with Crippen molar-refractivity contribution in [2.45, 2.75) is 19.5 Å². The van der Waals surface area contributed by atoms with Crippen molar-refractivity contribution >= 4 is 11.9 Å². The van der Waals surface area contributed by atoms with E-state index in [9.17, 15) is 27.2 Å². The molecule has 1 atom stereocenters. The Morgan fingerprint density at radius 2 is 1.85 bits per heavy atom. The molecule has 2 aromatic rings. The average Bonchev–Trinajstić information content (AvgIpc) is 3.19. The molecule has 2 heterocycles. The summed E-state index contributed by atoms with van der Waals surface area (Å²) in [6.45, 7) is 0.137. The van der Waals surface area contributed by atoms with Crippen molar-refractivity contribution in [3.8, 4) is 5.69 Å². The van der Waals surface area contributed by atoms with Gasteiger partial charge in [0.25, 0.3) is 5.91 Å². The van der Waals surface area contributed by atoms with Crippen molar-refractivity contribution in [3.63, 3.8) is 0 Å². The Labute approximate surface area is 150 Å². The monoisotopic (exact) mass is 386 g/mol. The molecule has 1 amide bonds. The van der Waals surface area contributed by atoms with Gasteiger partial charge in [-0.25, -0.2) is 14.1 Å². The molecule has 144 valence electrons. The molecule has 7 nitrogen and oxygen atoms in total. The number of nitrogens with zero attached hydrogens (tertiary/aromatic N) is 4. The number of aliphatic carboxylic acids is 1. The molecule has 0 bridgehead atoms. The maximum Gasteiger partial charge on any atom is 0.406 e. The summed E-state index contributed by atoms with van der Waals surface area (Å²) in [6.07, 6.45) is -5.74. The third-order valence-corrected chi connectivity index (χ3v) is 4.54. The van der Waals surface area contributed by atoms with Crippen LogP contribution in [0, 0.1) is 18.2 Å². The van der Waals surface area contributed by atoms with E-state index in [1.807, 2.05) is 0 Å². The van der Waals surface area contributed by atoms with Crippen LogP contribution in [-0.4, -0.2) is 55.9 Å². The molecule has 3 rings (SSSR count). The fourth-order valence-corrected chi connectivity index (χ4v) is 2.96. The number of carbonyl (C=O) groups excluding carboxylic acids is 1. The normalized spacial score (nSPS) is 20.1. The smallest absolute Gasteiger partial charge is 0.406 e. The van der Waals surface area contributed by atoms with Crippen LogP contribution in [0.5, 0.6) is 0 Å². The Balaban J connectivity index is 1.86. The molecule has 1 fully saturated rings. The number of amides is 1. The van der Waals surface area contributed by atoms with E-state index < -0.39 is 42.3 Å². The first-order chi connectivity index (χ1) is 12.5. The van der Waals surface area contributed by atoms with E-state index in [1.54, 1.807) is 0 Å². The first kappa shape index (κ1) is 18.8. The van der Waals surface area contributed by atoms with Gasteiger partial charge >= 0.3 is 12.1 Å². The standard InChI is InChI=1S/C16H14F4N4O3/c1-9-21-12(22-24(9)11-4-2-10(17)3-5-11)13(25)23-7-6-15(8-23,14(26)27)16(18,19)20/h2-5H,6-8H2,1H3,(H,26,27). The quantitative estimate of drug-likeness (QED) is 0.817. The number of hydrogen-bond acceptors (Lipinski definition) is 4. The van der Waals surface area contributed by atoms with Crippen LogP contribution in [0.1, 0.15) is 22.9 Å². The summed E-state index contributed by atoms with van der Waals surface area (Å²) in [5.74, 6) is -3.48. The maximum atomic E-state index is 13.2. The number of rotatable bonds is 3. The van der Waals surface area contributed by atoms with Gasteiger partial charge in [-0.1, -0.05) is 0 Å². The van der Waals surface area contributed by atoms with Crippen molar-refractivity contribution in [1.82, 2.24) is 19.7 Å². The second-order valence-corrected chi connectivity index (χ2v) is 6.23. The highest BCUT2D eigenvalue weighted by Gasteiger charge is 2.64. The first-order valence-corrected chi connectivity index (χ1v) is 7.84. The summed E-state index contributed by atoms with van der Waals surface area (Å²) >= 11 is 0. The first-order valence-electron chi connectivity index (χ1n) is 7.84. The Morgan fingerprint density at radius 3 is 2.37 bits per heavy atom. The lowest BCUT2D eigenvalue weighted by Gasteiger charge is -2.26. The zero-order chi connectivity index (χ0) is 20.0. The Kier molecular flexibility index (Phi) is 4.40. The van der Waals surface area contributed by atoms with Crippen LogP contribution < -0.4 is 0 Å². The van der Waals surface area contributed by atoms with Crippen LogP contribution in [0.25, 0.3) is 5.69 Å². The zero-order valence-corrected chi connectivity index (χ0v) is 14.0. The summed E-state index contributed by atoms with van der Waals surface area (Å²) < 4.78 is 54.0. The van der Waals surface area contributed by atoms with Gasteiger partial charge in [0, 0.05) is 13.1 Å². The van der Waals surface area contributed by atoms with Crippen LogP contribution in [0.15, 0.2) is 24.3 Å². The number of benzene rings is 1. The SMILES string of the molecule is Cc1nc(C(=O)N2CCC(C(=O)O)(C(F)(F)F)C2)nn1-c1ccc(F)cc1. The number of alkyl halides is 3. The summed E-state index contributed by atoms with van der Waals surface area (Å²) in [7, 11) is 0. The molecule has 1 aliphatic rings. The molecule has 0 saturated carbocycles. The van der Waals surface area contributed by atoms with Gasteiger partial charge in [-0.3, -0.25) is 9.59 Å². The molecule has 11 heteroatoms. The number of halogens is 4. The second-order valence-electron chi connectivity index (χ2n) is 6.23. The molecule has 0 radical (unpaired) electrons. The number of hydrogen-bond donors (Lipinski definition) is 1. The number of carboxylic acid groups (broad SMARTS) is 1. The molecule has 1 N–H and O–H groups in total. The minimum atomic E-state index is -5.00. The van der Waals surface area contributed by atoms with Crippen LogP contribution in [-0.2, 0) is 4.79 Å². The highest BCUT2D eigenvalue weighted by Crippen LogP contribution is 2.45. The van der Waals surface area contributed by atoms with Gasteiger partial charge in [-0.2, -0.15) is 13.2 Å². The largest absolute Gasteiger partial charge is 0.481 e. The number of likely N-dealkylation sites (tertiary alicyclic amines) is 1. The van der Waals surface area contributed by atoms with E-state index in [-0.39, 0.29) is 18.2 Å². The minimum absolute atomic E-state index is 0.268. The van der Waals surface area contributed by atoms with Gasteiger partial charge in [0.1, 0.15) is 11.6 Å². The number of aryl methyl sites for hydroxylation is 1. The summed E-state index contributed by atoms with van der Waals surface area (Å²) in [5, 5.41) is 13.0. The minimum Gasteiger partial charge on any atom is -0.481 e. The fraction of sp³-hybridized carbons (Fsp3) is 0.375. The lowest BCUT2D eigenvalue weighted by molar-refractivity contribution is -0.227. The number of carboxylic acids is 1. The van der Waals surface area contributed by atoms with E-state index in [4.69, 9.17) is 5.11 Å². The molecule has 1 aliphatic heterocycles. The highest BCUT2D eigenvalue weighted by molar-refractivity contribution is 5.91. The molecule has 1 saturated heterocycles. The third kappa shape index (κ3) is 3.13. The maximum absolute atomic E-state index is 13.2. The van der Waals surface area contributed by atoms with Crippen molar-refractivity contribution < 1.29 is 32.3 Å². The summed E-state index contributed by atoms with van der Waals surface area (Å²) in [4.78, 5) is 28.5. The zero-order valence-electron chi connectivity index (χ0n) is 14.0. The molecule has 1 aromatic carbocycles. The van der Waals surface area contributed by atoms with Gasteiger partial charge in [-0.05, 0) is 37.6 Å². The van der Waals surface area contributed by atoms with Crippen molar-refractivity contribution in [3.05, 3.63) is 41.7 Å². The molecule has 1 aromatic heterocycles. The predicted molar refractivity (Wildman–Crippen MR) is 82.7 cm³/mol. The Bertz CT molecular complexity index is 894. The Morgan fingerprint density at radius 1 is 1.22 bits per heavy atom. The number of carbonyl (C=O) groups is 2. The van der Waals surface area contributed by atoms with Crippen molar-refractivity contribution in [2.75, 3.05) is 13.1 Å². The molecule has 1 unspecified atom stereocenters. The van der Waals surface area contributed by atoms with E-state index >= 15 is 0 Å². The third-order valence-electron chi connectivity index (χ3n) is 4.54. The molecular formula is C16H14F4N4O3. The second kappa shape index (κ2) is 6.32. The van der Waals surface area contributed by atoms with Crippen molar-refractivity contribution in [2.24, 2.45) is 5.41 Å². The average molecular weight is 386 g/mol. The molecular weight excluding hydrogens is 372 g/mol. The fourth-order valence-electron chi connectivity index (χ4n) is 2.96. The van der Waals surface area contributed by atoms with Crippen molar-refractivity contribution in [1.29, 1.82) is 0 Å². The van der Waals surface area contributed by atoms with Crippen LogP contribution in [0.4, 0.5) is 17.6 Å². The van der Waals surface area contributed by atoms with Gasteiger partial charge in [-0.15, -0.1) is 5.10 Å².